The van der Waals surface area contributed by atoms with Gasteiger partial charge in [0.1, 0.15) is 5.75 Å². The van der Waals surface area contributed by atoms with Gasteiger partial charge in [-0.25, -0.2) is 4.79 Å². The van der Waals surface area contributed by atoms with E-state index in [-0.39, 0.29) is 18.1 Å². The van der Waals surface area contributed by atoms with Gasteiger partial charge in [-0.05, 0) is 48.2 Å². The minimum absolute atomic E-state index is 0.142. The van der Waals surface area contributed by atoms with Gasteiger partial charge in [0.2, 0.25) is 0 Å². The largest absolute Gasteiger partial charge is 0.493 e. The molecule has 1 aromatic heterocycles. The molecule has 4 rings (SSSR count). The molecule has 7 nitrogen and oxygen atoms in total. The number of carboxylic acid groups (broad SMARTS) is 1. The van der Waals surface area contributed by atoms with Gasteiger partial charge in [-0.1, -0.05) is 18.2 Å². The fraction of sp³-hybridized carbons (Fsp3) is 0.250. The molecule has 3 aromatic rings. The van der Waals surface area contributed by atoms with Crippen LogP contribution in [-0.4, -0.2) is 40.9 Å². The molecule has 7 heteroatoms. The molecule has 0 bridgehead atoms. The van der Waals surface area contributed by atoms with Crippen molar-refractivity contribution in [3.63, 3.8) is 0 Å². The van der Waals surface area contributed by atoms with E-state index in [1.165, 1.54) is 12.3 Å². The number of nitrogens with one attached hydrogen (secondary N) is 2. The Kier molecular flexibility index (Phi) is 6.33. The third-order valence-electron chi connectivity index (χ3n) is 5.41. The second kappa shape index (κ2) is 9.49. The van der Waals surface area contributed by atoms with Gasteiger partial charge in [-0.2, -0.15) is 0 Å². The third kappa shape index (κ3) is 4.95. The second-order valence-corrected chi connectivity index (χ2v) is 7.49. The summed E-state index contributed by atoms with van der Waals surface area (Å²) in [6.07, 6.45) is 4.52. The van der Waals surface area contributed by atoms with Crippen molar-refractivity contribution in [3.8, 4) is 5.75 Å². The Hall–Kier alpha value is -3.58. The van der Waals surface area contributed by atoms with Crippen LogP contribution in [0.3, 0.4) is 0 Å². The van der Waals surface area contributed by atoms with Gasteiger partial charge in [-0.3, -0.25) is 4.98 Å². The second-order valence-electron chi connectivity index (χ2n) is 7.49. The molecule has 0 saturated carbocycles. The topological polar surface area (TPSA) is 104 Å². The lowest BCUT2D eigenvalue weighted by Crippen LogP contribution is -2.21. The lowest BCUT2D eigenvalue weighted by molar-refractivity contribution is 0.0697. The van der Waals surface area contributed by atoms with Gasteiger partial charge in [0.05, 0.1) is 24.1 Å². The van der Waals surface area contributed by atoms with Crippen molar-refractivity contribution >= 4 is 23.0 Å². The van der Waals surface area contributed by atoms with E-state index in [0.717, 1.165) is 34.7 Å². The molecule has 31 heavy (non-hydrogen) atoms. The van der Waals surface area contributed by atoms with Gasteiger partial charge >= 0.3 is 5.97 Å². The molecule has 4 N–H and O–H groups in total. The number of aromatic carboxylic acids is 1. The maximum Gasteiger partial charge on any atom is 0.337 e. The highest BCUT2D eigenvalue weighted by molar-refractivity contribution is 5.93. The fourth-order valence-electron chi connectivity index (χ4n) is 3.76. The van der Waals surface area contributed by atoms with E-state index >= 15 is 0 Å². The van der Waals surface area contributed by atoms with Crippen LogP contribution in [0.2, 0.25) is 0 Å². The van der Waals surface area contributed by atoms with E-state index in [2.05, 4.69) is 21.7 Å². The number of aliphatic hydroxyl groups is 1. The summed E-state index contributed by atoms with van der Waals surface area (Å²) in [6, 6.07) is 15.6. The first-order valence-electron chi connectivity index (χ1n) is 10.3. The average molecular weight is 419 g/mol. The molecule has 0 amide bonds. The Bertz CT molecular complexity index is 1050. The van der Waals surface area contributed by atoms with E-state index in [0.29, 0.717) is 25.3 Å². The Morgan fingerprint density at radius 3 is 2.71 bits per heavy atom. The Labute approximate surface area is 180 Å². The number of hydrogen-bond donors (Lipinski definition) is 4. The first-order valence-corrected chi connectivity index (χ1v) is 10.3. The van der Waals surface area contributed by atoms with Crippen molar-refractivity contribution in [2.24, 2.45) is 0 Å². The highest BCUT2D eigenvalue weighted by Gasteiger charge is 2.22. The standard InChI is InChI=1S/C24H25N3O4/c28-11-8-16-1-3-18(4-2-16)27-19-5-6-20-17(9-12-31-23(20)13-19)14-26-22-15-25-10-7-21(22)24(29)30/h1-7,10,13,15,17,26-28H,8-9,11-12,14H2,(H,29,30)/t17-/m0/s1. The third-order valence-corrected chi connectivity index (χ3v) is 5.41. The number of aromatic nitrogens is 1. The van der Waals surface area contributed by atoms with Gasteiger partial charge in [-0.15, -0.1) is 0 Å². The molecule has 2 aromatic carbocycles. The minimum atomic E-state index is -0.975. The van der Waals surface area contributed by atoms with E-state index in [1.807, 2.05) is 36.4 Å². The number of hydrogen-bond acceptors (Lipinski definition) is 6. The minimum Gasteiger partial charge on any atom is -0.493 e. The molecule has 1 aliphatic rings. The molecule has 0 aliphatic carbocycles. The van der Waals surface area contributed by atoms with Gasteiger partial charge in [0.15, 0.2) is 0 Å². The number of carbonyl (C=O) groups is 1. The van der Waals surface area contributed by atoms with Crippen molar-refractivity contribution in [2.75, 3.05) is 30.4 Å². The number of pyridine rings is 1. The summed E-state index contributed by atoms with van der Waals surface area (Å²) < 4.78 is 5.90. The van der Waals surface area contributed by atoms with Crippen molar-refractivity contribution in [1.29, 1.82) is 0 Å². The number of rotatable bonds is 8. The molecular formula is C24H25N3O4. The van der Waals surface area contributed by atoms with Crippen molar-refractivity contribution in [3.05, 3.63) is 77.6 Å². The average Bonchev–Trinajstić information content (AvgIpc) is 2.79. The summed E-state index contributed by atoms with van der Waals surface area (Å²) in [5.74, 6) is 0.0689. The fourth-order valence-corrected chi connectivity index (χ4v) is 3.76. The quantitative estimate of drug-likeness (QED) is 0.437. The van der Waals surface area contributed by atoms with Crippen LogP contribution in [0.5, 0.6) is 5.75 Å². The van der Waals surface area contributed by atoms with Crippen molar-refractivity contribution < 1.29 is 19.7 Å². The summed E-state index contributed by atoms with van der Waals surface area (Å²) >= 11 is 0. The van der Waals surface area contributed by atoms with Crippen LogP contribution in [0, 0.1) is 0 Å². The van der Waals surface area contributed by atoms with Gasteiger partial charge in [0, 0.05) is 42.7 Å². The van der Waals surface area contributed by atoms with E-state index in [9.17, 15) is 9.90 Å². The number of benzene rings is 2. The zero-order chi connectivity index (χ0) is 21.6. The van der Waals surface area contributed by atoms with E-state index < -0.39 is 5.97 Å². The van der Waals surface area contributed by atoms with Crippen molar-refractivity contribution in [1.82, 2.24) is 4.98 Å². The van der Waals surface area contributed by atoms with E-state index in [1.54, 1.807) is 6.20 Å². The number of fused-ring (bicyclic) bond motifs is 1. The summed E-state index contributed by atoms with van der Waals surface area (Å²) in [5.41, 5.74) is 4.83. The maximum absolute atomic E-state index is 11.4. The maximum atomic E-state index is 11.4. The van der Waals surface area contributed by atoms with Crippen LogP contribution in [0.4, 0.5) is 17.1 Å². The van der Waals surface area contributed by atoms with Crippen LogP contribution in [0.15, 0.2) is 60.9 Å². The lowest BCUT2D eigenvalue weighted by Gasteiger charge is -2.27. The monoisotopic (exact) mass is 419 g/mol. The SMILES string of the molecule is O=C(O)c1ccncc1NC[C@@H]1CCOc2cc(Nc3ccc(CCO)cc3)ccc21. The molecule has 2 heterocycles. The van der Waals surface area contributed by atoms with Crippen LogP contribution in [-0.2, 0) is 6.42 Å². The molecule has 1 atom stereocenters. The zero-order valence-electron chi connectivity index (χ0n) is 17.0. The zero-order valence-corrected chi connectivity index (χ0v) is 17.0. The van der Waals surface area contributed by atoms with Crippen molar-refractivity contribution in [2.45, 2.75) is 18.8 Å². The first-order chi connectivity index (χ1) is 15.1. The summed E-state index contributed by atoms with van der Waals surface area (Å²) in [5, 5.41) is 25.0. The Morgan fingerprint density at radius 2 is 1.94 bits per heavy atom. The highest BCUT2D eigenvalue weighted by atomic mass is 16.5. The number of ether oxygens (including phenoxy) is 1. The molecule has 0 radical (unpaired) electrons. The normalized spacial score (nSPS) is 14.9. The first kappa shape index (κ1) is 20.7. The molecule has 1 aliphatic heterocycles. The highest BCUT2D eigenvalue weighted by Crippen LogP contribution is 2.36. The number of nitrogens with zero attached hydrogens (tertiary/aromatic N) is 1. The molecule has 160 valence electrons. The molecule has 0 unspecified atom stereocenters. The molecule has 0 fully saturated rings. The van der Waals surface area contributed by atoms with Gasteiger partial charge in [0.25, 0.3) is 0 Å². The predicted molar refractivity (Wildman–Crippen MR) is 119 cm³/mol. The molecule has 0 spiro atoms. The summed E-state index contributed by atoms with van der Waals surface area (Å²) in [4.78, 5) is 15.4. The predicted octanol–water partition coefficient (Wildman–Crippen LogP) is 4.04. The number of aliphatic hydroxyl groups excluding tert-OH is 1. The van der Waals surface area contributed by atoms with Crippen LogP contribution >= 0.6 is 0 Å². The molecular weight excluding hydrogens is 394 g/mol. The summed E-state index contributed by atoms with van der Waals surface area (Å²) in [6.45, 7) is 1.35. The Balaban J connectivity index is 1.45. The van der Waals surface area contributed by atoms with Crippen LogP contribution in [0.1, 0.15) is 33.8 Å². The molecule has 0 saturated heterocycles. The smallest absolute Gasteiger partial charge is 0.337 e. The van der Waals surface area contributed by atoms with Gasteiger partial charge < -0.3 is 25.6 Å². The number of carboxylic acids is 1. The van der Waals surface area contributed by atoms with Crippen LogP contribution < -0.4 is 15.4 Å². The van der Waals surface area contributed by atoms with E-state index in [4.69, 9.17) is 9.84 Å². The number of anilines is 3. The Morgan fingerprint density at radius 1 is 1.13 bits per heavy atom. The van der Waals surface area contributed by atoms with Crippen LogP contribution in [0.25, 0.3) is 0 Å². The summed E-state index contributed by atoms with van der Waals surface area (Å²) in [7, 11) is 0. The lowest BCUT2D eigenvalue weighted by atomic mass is 9.92.